The van der Waals surface area contributed by atoms with Crippen molar-refractivity contribution in [2.45, 2.75) is 42.7 Å². The lowest BCUT2D eigenvalue weighted by atomic mass is 10.1. The van der Waals surface area contributed by atoms with Gasteiger partial charge in [-0.15, -0.1) is 0 Å². The molecule has 0 atom stereocenters. The number of esters is 1. The molecule has 3 aromatic carbocycles. The van der Waals surface area contributed by atoms with E-state index >= 15 is 0 Å². The zero-order chi connectivity index (χ0) is 19.7. The molecule has 3 aromatic rings. The molecule has 0 amide bonds. The van der Waals surface area contributed by atoms with E-state index in [1.807, 2.05) is 39.0 Å². The zero-order valence-corrected chi connectivity index (χ0v) is 17.1. The van der Waals surface area contributed by atoms with Crippen LogP contribution >= 0.6 is 11.8 Å². The fourth-order valence-electron chi connectivity index (χ4n) is 3.27. The molecule has 142 valence electrons. The van der Waals surface area contributed by atoms with E-state index in [0.717, 1.165) is 5.56 Å². The molecule has 0 spiro atoms. The number of carbonyl (C=O) groups excluding carboxylic acids is 1. The predicted octanol–water partition coefficient (Wildman–Crippen LogP) is 6.44. The van der Waals surface area contributed by atoms with Crippen molar-refractivity contribution in [3.63, 3.8) is 0 Å². The number of benzene rings is 3. The minimum absolute atomic E-state index is 0.288. The molecule has 4 heteroatoms. The Balaban J connectivity index is 1.67. The number of nitrogens with zero attached hydrogens (tertiary/aromatic N) is 1. The Hall–Kier alpha value is -2.72. The molecule has 0 bridgehead atoms. The number of hydrogen-bond donors (Lipinski definition) is 0. The molecule has 0 saturated heterocycles. The van der Waals surface area contributed by atoms with Crippen LogP contribution in [-0.2, 0) is 11.3 Å². The van der Waals surface area contributed by atoms with Crippen LogP contribution in [0.2, 0.25) is 0 Å². The summed E-state index contributed by atoms with van der Waals surface area (Å²) < 4.78 is 5.53. The highest BCUT2D eigenvalue weighted by atomic mass is 32.2. The summed E-state index contributed by atoms with van der Waals surface area (Å²) in [5.41, 5.74) is 3.53. The predicted molar refractivity (Wildman–Crippen MR) is 114 cm³/mol. The smallest absolute Gasteiger partial charge is 0.338 e. The second-order valence-corrected chi connectivity index (χ2v) is 8.91. The summed E-state index contributed by atoms with van der Waals surface area (Å²) in [7, 11) is 0. The summed E-state index contributed by atoms with van der Waals surface area (Å²) in [5, 5.41) is 0. The fourth-order valence-corrected chi connectivity index (χ4v) is 4.36. The summed E-state index contributed by atoms with van der Waals surface area (Å²) >= 11 is 1.80. The van der Waals surface area contributed by atoms with Crippen molar-refractivity contribution in [3.8, 4) is 0 Å². The number of carbonyl (C=O) groups is 1. The van der Waals surface area contributed by atoms with Gasteiger partial charge >= 0.3 is 5.97 Å². The van der Waals surface area contributed by atoms with Gasteiger partial charge < -0.3 is 9.64 Å². The average Bonchev–Trinajstić information content (AvgIpc) is 2.67. The van der Waals surface area contributed by atoms with Gasteiger partial charge in [-0.05, 0) is 62.7 Å². The zero-order valence-electron chi connectivity index (χ0n) is 16.3. The number of ether oxygens (including phenoxy) is 1. The van der Waals surface area contributed by atoms with Crippen molar-refractivity contribution in [2.75, 3.05) is 4.90 Å². The van der Waals surface area contributed by atoms with Gasteiger partial charge in [-0.25, -0.2) is 4.79 Å². The standard InChI is InChI=1S/C24H23NO2S/c1-24(2,3)27-23(26)18-10-8-9-17(15-18)16-25-19-11-4-6-13-21(19)28-22-14-7-5-12-20(22)25/h4-15H,16H2,1-3H3. The topological polar surface area (TPSA) is 29.5 Å². The van der Waals surface area contributed by atoms with Crippen molar-refractivity contribution in [1.82, 2.24) is 0 Å². The van der Waals surface area contributed by atoms with Crippen LogP contribution in [0.25, 0.3) is 0 Å². The van der Waals surface area contributed by atoms with Crippen LogP contribution in [-0.4, -0.2) is 11.6 Å². The summed E-state index contributed by atoms with van der Waals surface area (Å²) in [4.78, 5) is 17.3. The quantitative estimate of drug-likeness (QED) is 0.482. The van der Waals surface area contributed by atoms with Gasteiger partial charge in [0.15, 0.2) is 0 Å². The monoisotopic (exact) mass is 389 g/mol. The van der Waals surface area contributed by atoms with Gasteiger partial charge in [0.2, 0.25) is 0 Å². The van der Waals surface area contributed by atoms with Crippen molar-refractivity contribution >= 4 is 29.1 Å². The summed E-state index contributed by atoms with van der Waals surface area (Å²) in [6.45, 7) is 6.33. The Labute approximate surface area is 170 Å². The van der Waals surface area contributed by atoms with E-state index < -0.39 is 5.60 Å². The Morgan fingerprint density at radius 1 is 0.893 bits per heavy atom. The first-order chi connectivity index (χ1) is 13.4. The Morgan fingerprint density at radius 2 is 1.50 bits per heavy atom. The second kappa shape index (κ2) is 7.36. The maximum Gasteiger partial charge on any atom is 0.338 e. The fraction of sp³-hybridized carbons (Fsp3) is 0.208. The number of rotatable bonds is 3. The molecule has 0 aliphatic carbocycles. The first-order valence-electron chi connectivity index (χ1n) is 9.36. The molecule has 1 aliphatic heterocycles. The SMILES string of the molecule is CC(C)(C)OC(=O)c1cccc(CN2c3ccccc3Sc3ccccc32)c1. The highest BCUT2D eigenvalue weighted by Gasteiger charge is 2.23. The van der Waals surface area contributed by atoms with E-state index in [1.165, 1.54) is 21.2 Å². The molecule has 0 unspecified atom stereocenters. The Morgan fingerprint density at radius 3 is 2.11 bits per heavy atom. The van der Waals surface area contributed by atoms with Gasteiger partial charge in [-0.3, -0.25) is 0 Å². The molecule has 0 saturated carbocycles. The van der Waals surface area contributed by atoms with E-state index in [0.29, 0.717) is 12.1 Å². The van der Waals surface area contributed by atoms with Crippen molar-refractivity contribution in [3.05, 3.63) is 83.9 Å². The second-order valence-electron chi connectivity index (χ2n) is 7.83. The summed E-state index contributed by atoms with van der Waals surface area (Å²) in [6.07, 6.45) is 0. The van der Waals surface area contributed by atoms with Crippen LogP contribution in [0.1, 0.15) is 36.7 Å². The largest absolute Gasteiger partial charge is 0.456 e. The highest BCUT2D eigenvalue weighted by molar-refractivity contribution is 7.99. The third-order valence-corrected chi connectivity index (χ3v) is 5.56. The van der Waals surface area contributed by atoms with Crippen LogP contribution in [0.5, 0.6) is 0 Å². The molecule has 1 aliphatic rings. The van der Waals surface area contributed by atoms with Gasteiger partial charge in [0.25, 0.3) is 0 Å². The first-order valence-corrected chi connectivity index (χ1v) is 10.2. The normalized spacial score (nSPS) is 12.9. The number of para-hydroxylation sites is 2. The summed E-state index contributed by atoms with van der Waals surface area (Å²) in [6, 6.07) is 24.6. The van der Waals surface area contributed by atoms with Crippen LogP contribution in [0.15, 0.2) is 82.6 Å². The van der Waals surface area contributed by atoms with Crippen LogP contribution in [0, 0.1) is 0 Å². The van der Waals surface area contributed by atoms with Gasteiger partial charge in [0.05, 0.1) is 16.9 Å². The maximum absolute atomic E-state index is 12.5. The lowest BCUT2D eigenvalue weighted by Crippen LogP contribution is -2.24. The lowest BCUT2D eigenvalue weighted by molar-refractivity contribution is 0.00694. The molecule has 1 heterocycles. The van der Waals surface area contributed by atoms with Crippen LogP contribution < -0.4 is 4.90 Å². The van der Waals surface area contributed by atoms with E-state index in [-0.39, 0.29) is 5.97 Å². The third kappa shape index (κ3) is 3.92. The van der Waals surface area contributed by atoms with E-state index in [1.54, 1.807) is 11.8 Å². The average molecular weight is 390 g/mol. The number of anilines is 2. The molecule has 0 N–H and O–H groups in total. The van der Waals surface area contributed by atoms with E-state index in [4.69, 9.17) is 4.74 Å². The Bertz CT molecular complexity index is 977. The summed E-state index contributed by atoms with van der Waals surface area (Å²) in [5.74, 6) is -0.288. The lowest BCUT2D eigenvalue weighted by Gasteiger charge is -2.33. The number of hydrogen-bond acceptors (Lipinski definition) is 4. The molecule has 0 radical (unpaired) electrons. The van der Waals surface area contributed by atoms with Crippen molar-refractivity contribution in [2.24, 2.45) is 0 Å². The first kappa shape index (κ1) is 18.6. The molecular weight excluding hydrogens is 366 g/mol. The van der Waals surface area contributed by atoms with Gasteiger partial charge in [0.1, 0.15) is 5.60 Å². The van der Waals surface area contributed by atoms with Crippen LogP contribution in [0.4, 0.5) is 11.4 Å². The van der Waals surface area contributed by atoms with E-state index in [2.05, 4.69) is 59.5 Å². The third-order valence-electron chi connectivity index (χ3n) is 4.43. The molecule has 0 fully saturated rings. The van der Waals surface area contributed by atoms with Crippen molar-refractivity contribution in [1.29, 1.82) is 0 Å². The number of fused-ring (bicyclic) bond motifs is 2. The minimum Gasteiger partial charge on any atom is -0.456 e. The molecule has 0 aromatic heterocycles. The highest BCUT2D eigenvalue weighted by Crippen LogP contribution is 2.48. The Kier molecular flexibility index (Phi) is 4.90. The van der Waals surface area contributed by atoms with Gasteiger partial charge in [0, 0.05) is 16.3 Å². The van der Waals surface area contributed by atoms with Gasteiger partial charge in [-0.2, -0.15) is 0 Å². The maximum atomic E-state index is 12.5. The molecule has 28 heavy (non-hydrogen) atoms. The molecular formula is C24H23NO2S. The van der Waals surface area contributed by atoms with Gasteiger partial charge in [-0.1, -0.05) is 48.2 Å². The molecule has 4 rings (SSSR count). The molecule has 3 nitrogen and oxygen atoms in total. The van der Waals surface area contributed by atoms with Crippen molar-refractivity contribution < 1.29 is 9.53 Å². The van der Waals surface area contributed by atoms with E-state index in [9.17, 15) is 4.79 Å². The van der Waals surface area contributed by atoms with Crippen LogP contribution in [0.3, 0.4) is 0 Å². The minimum atomic E-state index is -0.505.